The van der Waals surface area contributed by atoms with Gasteiger partial charge in [0.25, 0.3) is 5.91 Å². The first-order chi connectivity index (χ1) is 12.6. The summed E-state index contributed by atoms with van der Waals surface area (Å²) in [7, 11) is 1.51. The molecule has 0 unspecified atom stereocenters. The van der Waals surface area contributed by atoms with Crippen LogP contribution in [0.2, 0.25) is 0 Å². The minimum absolute atomic E-state index is 0.276. The van der Waals surface area contributed by atoms with Crippen LogP contribution < -0.4 is 15.1 Å². The Morgan fingerprint density at radius 3 is 2.69 bits per heavy atom. The van der Waals surface area contributed by atoms with Crippen molar-refractivity contribution in [3.05, 3.63) is 58.9 Å². The van der Waals surface area contributed by atoms with Crippen molar-refractivity contribution in [2.45, 2.75) is 19.8 Å². The molecule has 26 heavy (non-hydrogen) atoms. The van der Waals surface area contributed by atoms with Gasteiger partial charge in [-0.05, 0) is 55.2 Å². The number of carbonyl (C=O) groups is 1. The van der Waals surface area contributed by atoms with Crippen LogP contribution in [0.3, 0.4) is 0 Å². The molecule has 1 aliphatic heterocycles. The molecule has 0 spiro atoms. The summed E-state index contributed by atoms with van der Waals surface area (Å²) in [6.07, 6.45) is 3.61. The number of hydrogen-bond acceptors (Lipinski definition) is 4. The summed E-state index contributed by atoms with van der Waals surface area (Å²) in [4.78, 5) is 14.3. The highest BCUT2D eigenvalue weighted by Gasteiger charge is 2.16. The van der Waals surface area contributed by atoms with Crippen LogP contribution in [-0.4, -0.2) is 32.3 Å². The van der Waals surface area contributed by atoms with Crippen LogP contribution >= 0.6 is 0 Å². The van der Waals surface area contributed by atoms with Crippen molar-refractivity contribution in [2.24, 2.45) is 5.10 Å². The molecule has 1 heterocycles. The Balaban J connectivity index is 1.67. The van der Waals surface area contributed by atoms with Gasteiger partial charge < -0.3 is 9.64 Å². The van der Waals surface area contributed by atoms with Gasteiger partial charge in [0.15, 0.2) is 0 Å². The Labute approximate surface area is 152 Å². The van der Waals surface area contributed by atoms with E-state index in [0.29, 0.717) is 22.6 Å². The van der Waals surface area contributed by atoms with Crippen LogP contribution in [0, 0.1) is 12.7 Å². The molecule has 0 radical (unpaired) electrons. The number of hydrazone groups is 1. The predicted octanol–water partition coefficient (Wildman–Crippen LogP) is 3.51. The van der Waals surface area contributed by atoms with Gasteiger partial charge in [-0.25, -0.2) is 9.82 Å². The number of hydrogen-bond donors (Lipinski definition) is 1. The lowest BCUT2D eigenvalue weighted by Gasteiger charge is -2.18. The third kappa shape index (κ3) is 4.02. The minimum Gasteiger partial charge on any atom is -0.496 e. The highest BCUT2D eigenvalue weighted by Crippen LogP contribution is 2.24. The van der Waals surface area contributed by atoms with Crippen molar-refractivity contribution in [3.8, 4) is 5.75 Å². The minimum atomic E-state index is -0.382. The second-order valence-electron chi connectivity index (χ2n) is 6.31. The molecule has 1 aliphatic rings. The molecule has 1 N–H and O–H groups in total. The number of aryl methyl sites for hydroxylation is 1. The van der Waals surface area contributed by atoms with Crippen molar-refractivity contribution in [3.63, 3.8) is 0 Å². The summed E-state index contributed by atoms with van der Waals surface area (Å²) in [6.45, 7) is 3.69. The molecule has 3 rings (SSSR count). The molecule has 0 aromatic heterocycles. The summed E-state index contributed by atoms with van der Waals surface area (Å²) >= 11 is 0. The average molecular weight is 355 g/mol. The fraction of sp³-hybridized carbons (Fsp3) is 0.300. The monoisotopic (exact) mass is 355 g/mol. The van der Waals surface area contributed by atoms with E-state index in [1.807, 2.05) is 17.9 Å². The summed E-state index contributed by atoms with van der Waals surface area (Å²) in [5.74, 6) is -0.173. The highest BCUT2D eigenvalue weighted by molar-refractivity contribution is 5.97. The number of carbonyl (C=O) groups excluding carboxylic acids is 1. The molecule has 0 atom stereocenters. The van der Waals surface area contributed by atoms with Crippen molar-refractivity contribution >= 4 is 17.8 Å². The Hall–Kier alpha value is -2.89. The number of nitrogens with one attached hydrogen (secondary N) is 1. The van der Waals surface area contributed by atoms with Gasteiger partial charge in [0.1, 0.15) is 11.6 Å². The van der Waals surface area contributed by atoms with Crippen molar-refractivity contribution in [2.75, 3.05) is 25.1 Å². The first-order valence-corrected chi connectivity index (χ1v) is 8.61. The zero-order valence-electron chi connectivity index (χ0n) is 15.0. The number of ether oxygens (including phenoxy) is 1. The molecule has 1 fully saturated rings. The van der Waals surface area contributed by atoms with E-state index in [2.05, 4.69) is 10.5 Å². The zero-order chi connectivity index (χ0) is 18.5. The molecule has 0 saturated carbocycles. The largest absolute Gasteiger partial charge is 0.496 e. The second kappa shape index (κ2) is 7.99. The molecular formula is C20H22FN3O2. The Bertz CT molecular complexity index is 830. The van der Waals surface area contributed by atoms with Crippen LogP contribution in [0.1, 0.15) is 34.3 Å². The number of methoxy groups -OCH3 is 1. The third-order valence-corrected chi connectivity index (χ3v) is 4.40. The lowest BCUT2D eigenvalue weighted by Crippen LogP contribution is -2.19. The van der Waals surface area contributed by atoms with Gasteiger partial charge >= 0.3 is 0 Å². The van der Waals surface area contributed by atoms with Crippen molar-refractivity contribution in [1.29, 1.82) is 0 Å². The standard InChI is InChI=1S/C20H22FN3O2/c1-14-5-7-16(19(11-14)26-2)20(25)23-22-13-15-6-8-18(17(21)12-15)24-9-3-4-10-24/h5-8,11-13H,3-4,9-10H2,1-2H3,(H,23,25)/b22-13-. The number of amides is 1. The van der Waals surface area contributed by atoms with Crippen LogP contribution in [-0.2, 0) is 0 Å². The van der Waals surface area contributed by atoms with Gasteiger partial charge in [-0.3, -0.25) is 4.79 Å². The summed E-state index contributed by atoms with van der Waals surface area (Å²) in [6, 6.07) is 10.3. The van der Waals surface area contributed by atoms with Crippen molar-refractivity contribution < 1.29 is 13.9 Å². The van der Waals surface area contributed by atoms with Gasteiger partial charge in [0.2, 0.25) is 0 Å². The molecule has 136 valence electrons. The first-order valence-electron chi connectivity index (χ1n) is 8.61. The van der Waals surface area contributed by atoms with E-state index in [0.717, 1.165) is 31.5 Å². The summed E-state index contributed by atoms with van der Waals surface area (Å²) < 4.78 is 19.5. The normalized spacial score (nSPS) is 14.0. The number of rotatable bonds is 5. The maximum atomic E-state index is 14.3. The Kier molecular flexibility index (Phi) is 5.51. The van der Waals surface area contributed by atoms with E-state index >= 15 is 0 Å². The molecule has 2 aromatic carbocycles. The van der Waals surface area contributed by atoms with Gasteiger partial charge in [-0.15, -0.1) is 0 Å². The topological polar surface area (TPSA) is 53.9 Å². The quantitative estimate of drug-likeness (QED) is 0.660. The van der Waals surface area contributed by atoms with E-state index < -0.39 is 0 Å². The lowest BCUT2D eigenvalue weighted by atomic mass is 10.1. The molecular weight excluding hydrogens is 333 g/mol. The molecule has 6 heteroatoms. The molecule has 1 saturated heterocycles. The fourth-order valence-corrected chi connectivity index (χ4v) is 3.03. The van der Waals surface area contributed by atoms with Gasteiger partial charge in [-0.2, -0.15) is 5.10 Å². The van der Waals surface area contributed by atoms with E-state index in [1.165, 1.54) is 19.4 Å². The number of benzene rings is 2. The van der Waals surface area contributed by atoms with Gasteiger partial charge in [-0.1, -0.05) is 12.1 Å². The smallest absolute Gasteiger partial charge is 0.275 e. The van der Waals surface area contributed by atoms with Gasteiger partial charge in [0, 0.05) is 13.1 Å². The Morgan fingerprint density at radius 1 is 1.23 bits per heavy atom. The number of anilines is 1. The Morgan fingerprint density at radius 2 is 2.00 bits per heavy atom. The molecule has 1 amide bonds. The molecule has 0 aliphatic carbocycles. The van der Waals surface area contributed by atoms with Gasteiger partial charge in [0.05, 0.1) is 24.6 Å². The summed E-state index contributed by atoms with van der Waals surface area (Å²) in [5, 5.41) is 3.92. The predicted molar refractivity (Wildman–Crippen MR) is 101 cm³/mol. The maximum Gasteiger partial charge on any atom is 0.275 e. The van der Waals surface area contributed by atoms with Crippen molar-refractivity contribution in [1.82, 2.24) is 5.43 Å². The SMILES string of the molecule is COc1cc(C)ccc1C(=O)N/N=C\c1ccc(N2CCCC2)c(F)c1. The lowest BCUT2D eigenvalue weighted by molar-refractivity contribution is 0.0952. The maximum absolute atomic E-state index is 14.3. The van der Waals surface area contributed by atoms with E-state index in [4.69, 9.17) is 4.74 Å². The van der Waals surface area contributed by atoms with Crippen LogP contribution in [0.5, 0.6) is 5.75 Å². The zero-order valence-corrected chi connectivity index (χ0v) is 15.0. The number of halogens is 1. The van der Waals surface area contributed by atoms with Crippen LogP contribution in [0.4, 0.5) is 10.1 Å². The van der Waals surface area contributed by atoms with E-state index in [1.54, 1.807) is 24.3 Å². The molecule has 5 nitrogen and oxygen atoms in total. The molecule has 2 aromatic rings. The van der Waals surface area contributed by atoms with Crippen LogP contribution in [0.25, 0.3) is 0 Å². The van der Waals surface area contributed by atoms with E-state index in [9.17, 15) is 9.18 Å². The van der Waals surface area contributed by atoms with Crippen LogP contribution in [0.15, 0.2) is 41.5 Å². The third-order valence-electron chi connectivity index (χ3n) is 4.40. The highest BCUT2D eigenvalue weighted by atomic mass is 19.1. The molecule has 0 bridgehead atoms. The average Bonchev–Trinajstić information content (AvgIpc) is 3.16. The second-order valence-corrected chi connectivity index (χ2v) is 6.31. The first kappa shape index (κ1) is 17.9. The van der Waals surface area contributed by atoms with E-state index in [-0.39, 0.29) is 11.7 Å². The summed E-state index contributed by atoms with van der Waals surface area (Å²) in [5.41, 5.74) is 5.04. The number of nitrogens with zero attached hydrogens (tertiary/aromatic N) is 2. The fourth-order valence-electron chi connectivity index (χ4n) is 3.03.